The number of rotatable bonds is 4. The first kappa shape index (κ1) is 16.9. The zero-order valence-electron chi connectivity index (χ0n) is 13.8. The van der Waals surface area contributed by atoms with Crippen LogP contribution in [0.5, 0.6) is 0 Å². The van der Waals surface area contributed by atoms with Crippen molar-refractivity contribution < 1.29 is 18.4 Å². The van der Waals surface area contributed by atoms with Crippen LogP contribution in [0, 0.1) is 17.0 Å². The van der Waals surface area contributed by atoms with Crippen LogP contribution in [0.1, 0.15) is 45.4 Å². The van der Waals surface area contributed by atoms with Crippen LogP contribution in [0.25, 0.3) is 0 Å². The lowest BCUT2D eigenvalue weighted by Gasteiger charge is -2.37. The number of likely N-dealkylation sites (tertiary alicyclic amines) is 1. The third-order valence-corrected chi connectivity index (χ3v) is 5.13. The van der Waals surface area contributed by atoms with Crippen LogP contribution in [0.15, 0.2) is 18.2 Å². The van der Waals surface area contributed by atoms with E-state index in [4.69, 9.17) is 0 Å². The molecule has 24 heavy (non-hydrogen) atoms. The van der Waals surface area contributed by atoms with Crippen molar-refractivity contribution in [2.75, 3.05) is 11.9 Å². The Morgan fingerprint density at radius 1 is 1.29 bits per heavy atom. The van der Waals surface area contributed by atoms with E-state index in [1.165, 1.54) is 6.07 Å². The molecule has 4 nitrogen and oxygen atoms in total. The van der Waals surface area contributed by atoms with Gasteiger partial charge in [0.15, 0.2) is 0 Å². The SMILES string of the molecule is CCC1CCCCN1C(=O)C1(C(=O)Nc2ccc(F)cc2F)CC1. The Kier molecular flexibility index (Phi) is 4.56. The smallest absolute Gasteiger partial charge is 0.240 e. The molecule has 1 saturated carbocycles. The molecule has 6 heteroatoms. The molecule has 2 fully saturated rings. The predicted molar refractivity (Wildman–Crippen MR) is 86.3 cm³/mol. The molecule has 2 amide bonds. The highest BCUT2D eigenvalue weighted by Gasteiger charge is 2.58. The lowest BCUT2D eigenvalue weighted by molar-refractivity contribution is -0.145. The van der Waals surface area contributed by atoms with Crippen LogP contribution in [-0.4, -0.2) is 29.3 Å². The highest BCUT2D eigenvalue weighted by atomic mass is 19.1. The lowest BCUT2D eigenvalue weighted by atomic mass is 9.95. The monoisotopic (exact) mass is 336 g/mol. The molecular formula is C18H22F2N2O2. The summed E-state index contributed by atoms with van der Waals surface area (Å²) in [6.45, 7) is 2.72. The fourth-order valence-corrected chi connectivity index (χ4v) is 3.46. The number of carbonyl (C=O) groups is 2. The number of amides is 2. The maximum atomic E-state index is 13.7. The quantitative estimate of drug-likeness (QED) is 0.856. The Morgan fingerprint density at radius 3 is 2.67 bits per heavy atom. The number of piperidine rings is 1. The van der Waals surface area contributed by atoms with Crippen LogP contribution in [0.2, 0.25) is 0 Å². The van der Waals surface area contributed by atoms with Gasteiger partial charge in [-0.05, 0) is 50.7 Å². The summed E-state index contributed by atoms with van der Waals surface area (Å²) >= 11 is 0. The van der Waals surface area contributed by atoms with Gasteiger partial charge in [0.1, 0.15) is 17.0 Å². The number of nitrogens with one attached hydrogen (secondary N) is 1. The highest BCUT2D eigenvalue weighted by molar-refractivity contribution is 6.13. The summed E-state index contributed by atoms with van der Waals surface area (Å²) in [5.41, 5.74) is -1.17. The second-order valence-electron chi connectivity index (χ2n) is 6.72. The van der Waals surface area contributed by atoms with Gasteiger partial charge >= 0.3 is 0 Å². The van der Waals surface area contributed by atoms with E-state index in [0.717, 1.165) is 37.8 Å². The molecule has 1 heterocycles. The second-order valence-corrected chi connectivity index (χ2v) is 6.72. The van der Waals surface area contributed by atoms with Gasteiger partial charge in [0.05, 0.1) is 5.69 Å². The molecule has 1 unspecified atom stereocenters. The number of hydrogen-bond donors (Lipinski definition) is 1. The standard InChI is InChI=1S/C18H22F2N2O2/c1-2-13-5-3-4-10-22(13)17(24)18(8-9-18)16(23)21-15-7-6-12(19)11-14(15)20/h6-7,11,13H,2-5,8-10H2,1H3,(H,21,23). The Morgan fingerprint density at radius 2 is 2.04 bits per heavy atom. The third-order valence-electron chi connectivity index (χ3n) is 5.13. The van der Waals surface area contributed by atoms with Gasteiger partial charge in [0, 0.05) is 18.7 Å². The van der Waals surface area contributed by atoms with Crippen molar-refractivity contribution in [2.24, 2.45) is 5.41 Å². The van der Waals surface area contributed by atoms with Crippen LogP contribution in [-0.2, 0) is 9.59 Å². The average Bonchev–Trinajstić information content (AvgIpc) is 3.38. The van der Waals surface area contributed by atoms with E-state index >= 15 is 0 Å². The first-order valence-corrected chi connectivity index (χ1v) is 8.55. The summed E-state index contributed by atoms with van der Waals surface area (Å²) in [4.78, 5) is 27.4. The first-order valence-electron chi connectivity index (χ1n) is 8.55. The van der Waals surface area contributed by atoms with Crippen molar-refractivity contribution in [1.82, 2.24) is 4.90 Å². The summed E-state index contributed by atoms with van der Waals surface area (Å²) in [7, 11) is 0. The second kappa shape index (κ2) is 6.49. The average molecular weight is 336 g/mol. The van der Waals surface area contributed by atoms with Crippen molar-refractivity contribution in [2.45, 2.75) is 51.5 Å². The van der Waals surface area contributed by atoms with Gasteiger partial charge in [0.25, 0.3) is 0 Å². The van der Waals surface area contributed by atoms with Crippen molar-refractivity contribution in [1.29, 1.82) is 0 Å². The fraction of sp³-hybridized carbons (Fsp3) is 0.556. The number of anilines is 1. The number of benzene rings is 1. The van der Waals surface area contributed by atoms with Gasteiger partial charge in [0.2, 0.25) is 11.8 Å². The minimum atomic E-state index is -1.08. The number of nitrogens with zero attached hydrogens (tertiary/aromatic N) is 1. The molecule has 0 radical (unpaired) electrons. The molecule has 1 N–H and O–H groups in total. The first-order chi connectivity index (χ1) is 11.5. The van der Waals surface area contributed by atoms with Crippen molar-refractivity contribution in [3.05, 3.63) is 29.8 Å². The Labute approximate surface area is 140 Å². The van der Waals surface area contributed by atoms with Gasteiger partial charge in [-0.1, -0.05) is 6.92 Å². The van der Waals surface area contributed by atoms with Crippen molar-refractivity contribution in [3.8, 4) is 0 Å². The highest BCUT2D eigenvalue weighted by Crippen LogP contribution is 2.49. The normalized spacial score (nSPS) is 22.1. The largest absolute Gasteiger partial charge is 0.339 e. The Balaban J connectivity index is 1.75. The predicted octanol–water partition coefficient (Wildman–Crippen LogP) is 3.47. The minimum absolute atomic E-state index is 0.0915. The summed E-state index contributed by atoms with van der Waals surface area (Å²) in [6.07, 6.45) is 4.85. The molecule has 0 aromatic heterocycles. The zero-order valence-corrected chi connectivity index (χ0v) is 13.8. The molecule has 1 saturated heterocycles. The van der Waals surface area contributed by atoms with Gasteiger partial charge in [-0.3, -0.25) is 9.59 Å². The number of hydrogen-bond acceptors (Lipinski definition) is 2. The molecule has 3 rings (SSSR count). The van der Waals surface area contributed by atoms with E-state index in [2.05, 4.69) is 5.32 Å². The molecule has 130 valence electrons. The summed E-state index contributed by atoms with van der Waals surface area (Å²) in [5.74, 6) is -2.18. The van der Waals surface area contributed by atoms with Crippen LogP contribution in [0.3, 0.4) is 0 Å². The molecule has 0 bridgehead atoms. The Bertz CT molecular complexity index is 658. The molecule has 1 aromatic carbocycles. The van der Waals surface area contributed by atoms with E-state index in [1.54, 1.807) is 0 Å². The molecule has 1 aliphatic heterocycles. The van der Waals surface area contributed by atoms with Gasteiger partial charge in [-0.15, -0.1) is 0 Å². The molecular weight excluding hydrogens is 314 g/mol. The summed E-state index contributed by atoms with van der Waals surface area (Å²) < 4.78 is 26.7. The van der Waals surface area contributed by atoms with E-state index in [9.17, 15) is 18.4 Å². The van der Waals surface area contributed by atoms with E-state index < -0.39 is 23.0 Å². The maximum Gasteiger partial charge on any atom is 0.240 e. The van der Waals surface area contributed by atoms with Crippen molar-refractivity contribution in [3.63, 3.8) is 0 Å². The topological polar surface area (TPSA) is 49.4 Å². The summed E-state index contributed by atoms with van der Waals surface area (Å²) in [6, 6.07) is 3.16. The molecule has 2 aliphatic rings. The van der Waals surface area contributed by atoms with Crippen LogP contribution in [0.4, 0.5) is 14.5 Å². The zero-order chi connectivity index (χ0) is 17.3. The molecule has 0 spiro atoms. The lowest BCUT2D eigenvalue weighted by Crippen LogP contribution is -2.49. The van der Waals surface area contributed by atoms with E-state index in [-0.39, 0.29) is 17.6 Å². The molecule has 1 atom stereocenters. The molecule has 1 aromatic rings. The Hall–Kier alpha value is -1.98. The fourth-order valence-electron chi connectivity index (χ4n) is 3.46. The van der Waals surface area contributed by atoms with Gasteiger partial charge in [-0.25, -0.2) is 8.78 Å². The minimum Gasteiger partial charge on any atom is -0.339 e. The third kappa shape index (κ3) is 3.01. The van der Waals surface area contributed by atoms with E-state index in [0.29, 0.717) is 19.4 Å². The number of halogens is 2. The van der Waals surface area contributed by atoms with Gasteiger partial charge < -0.3 is 10.2 Å². The van der Waals surface area contributed by atoms with E-state index in [1.807, 2.05) is 11.8 Å². The van der Waals surface area contributed by atoms with Crippen LogP contribution >= 0.6 is 0 Å². The van der Waals surface area contributed by atoms with Crippen molar-refractivity contribution >= 4 is 17.5 Å². The number of carbonyl (C=O) groups excluding carboxylic acids is 2. The van der Waals surface area contributed by atoms with Crippen LogP contribution < -0.4 is 5.32 Å². The van der Waals surface area contributed by atoms with Gasteiger partial charge in [-0.2, -0.15) is 0 Å². The maximum absolute atomic E-state index is 13.7. The molecule has 1 aliphatic carbocycles. The summed E-state index contributed by atoms with van der Waals surface area (Å²) in [5, 5.41) is 2.46.